The van der Waals surface area contributed by atoms with Crippen molar-refractivity contribution in [2.45, 2.75) is 29.9 Å². The molecule has 2 saturated heterocycles. The quantitative estimate of drug-likeness (QED) is 0.689. The van der Waals surface area contributed by atoms with Crippen molar-refractivity contribution in [1.29, 1.82) is 0 Å². The van der Waals surface area contributed by atoms with Crippen molar-refractivity contribution < 1.29 is 13.2 Å². The molecule has 0 spiro atoms. The van der Waals surface area contributed by atoms with Gasteiger partial charge in [-0.15, -0.1) is 11.3 Å². The van der Waals surface area contributed by atoms with E-state index in [4.69, 9.17) is 0 Å². The average Bonchev–Trinajstić information content (AvgIpc) is 3.02. The third kappa shape index (κ3) is 3.76. The van der Waals surface area contributed by atoms with Crippen LogP contribution in [-0.2, 0) is 14.8 Å². The van der Waals surface area contributed by atoms with Gasteiger partial charge in [-0.25, -0.2) is 8.42 Å². The summed E-state index contributed by atoms with van der Waals surface area (Å²) in [5, 5.41) is 0. The Labute approximate surface area is 155 Å². The smallest absolute Gasteiger partial charge is 0.252 e. The SMILES string of the molecule is C=C1CCN(C(=O)C2CCCN(S(=O)(=O)c3ccc(Br)s3)C2)CC1. The second-order valence-corrected chi connectivity index (χ2v) is 11.0. The van der Waals surface area contributed by atoms with Gasteiger partial charge >= 0.3 is 0 Å². The van der Waals surface area contributed by atoms with E-state index in [-0.39, 0.29) is 18.4 Å². The number of hydrogen-bond acceptors (Lipinski definition) is 4. The van der Waals surface area contributed by atoms with Crippen molar-refractivity contribution in [3.8, 4) is 0 Å². The van der Waals surface area contributed by atoms with Crippen molar-refractivity contribution >= 4 is 43.2 Å². The summed E-state index contributed by atoms with van der Waals surface area (Å²) in [6.45, 7) is 6.16. The minimum atomic E-state index is -3.51. The average molecular weight is 433 g/mol. The molecule has 132 valence electrons. The molecule has 2 aliphatic rings. The molecule has 24 heavy (non-hydrogen) atoms. The molecule has 0 saturated carbocycles. The zero-order valence-corrected chi connectivity index (χ0v) is 16.6. The van der Waals surface area contributed by atoms with Gasteiger partial charge in [0.25, 0.3) is 10.0 Å². The highest BCUT2D eigenvalue weighted by molar-refractivity contribution is 9.11. The van der Waals surface area contributed by atoms with Crippen LogP contribution in [-0.4, -0.2) is 49.7 Å². The Bertz CT molecular complexity index is 734. The lowest BCUT2D eigenvalue weighted by Crippen LogP contribution is -2.47. The van der Waals surface area contributed by atoms with Crippen LogP contribution >= 0.6 is 27.3 Å². The molecule has 0 radical (unpaired) electrons. The first-order valence-corrected chi connectivity index (χ1v) is 11.1. The second-order valence-electron chi connectivity index (χ2n) is 6.34. The summed E-state index contributed by atoms with van der Waals surface area (Å²) in [7, 11) is -3.51. The van der Waals surface area contributed by atoms with Gasteiger partial charge in [0.1, 0.15) is 4.21 Å². The van der Waals surface area contributed by atoms with E-state index in [0.29, 0.717) is 23.8 Å². The van der Waals surface area contributed by atoms with E-state index >= 15 is 0 Å². The van der Waals surface area contributed by atoms with Gasteiger partial charge in [0.15, 0.2) is 0 Å². The van der Waals surface area contributed by atoms with Gasteiger partial charge in [-0.3, -0.25) is 4.79 Å². The first kappa shape index (κ1) is 18.1. The summed E-state index contributed by atoms with van der Waals surface area (Å²) < 4.78 is 28.1. The number of likely N-dealkylation sites (tertiary alicyclic amines) is 1. The highest BCUT2D eigenvalue weighted by atomic mass is 79.9. The first-order chi connectivity index (χ1) is 11.4. The molecule has 2 aliphatic heterocycles. The van der Waals surface area contributed by atoms with Gasteiger partial charge in [-0.05, 0) is 53.7 Å². The van der Waals surface area contributed by atoms with Crippen LogP contribution in [0.1, 0.15) is 25.7 Å². The van der Waals surface area contributed by atoms with Crippen molar-refractivity contribution in [3.63, 3.8) is 0 Å². The van der Waals surface area contributed by atoms with Crippen molar-refractivity contribution in [1.82, 2.24) is 9.21 Å². The third-order valence-electron chi connectivity index (χ3n) is 4.66. The van der Waals surface area contributed by atoms with Crippen LogP contribution < -0.4 is 0 Å². The number of halogens is 1. The van der Waals surface area contributed by atoms with Gasteiger partial charge in [0.2, 0.25) is 5.91 Å². The number of nitrogens with zero attached hydrogens (tertiary/aromatic N) is 2. The largest absolute Gasteiger partial charge is 0.342 e. The highest BCUT2D eigenvalue weighted by Crippen LogP contribution is 2.31. The number of amides is 1. The maximum absolute atomic E-state index is 12.8. The van der Waals surface area contributed by atoms with Crippen LogP contribution in [0, 0.1) is 5.92 Å². The van der Waals surface area contributed by atoms with Gasteiger partial charge in [-0.1, -0.05) is 12.2 Å². The fraction of sp³-hybridized carbons (Fsp3) is 0.562. The van der Waals surface area contributed by atoms with Crippen molar-refractivity contribution in [2.24, 2.45) is 5.92 Å². The van der Waals surface area contributed by atoms with Crippen LogP contribution in [0.3, 0.4) is 0 Å². The topological polar surface area (TPSA) is 57.7 Å². The lowest BCUT2D eigenvalue weighted by atomic mass is 9.96. The Hall–Kier alpha value is -0.700. The summed E-state index contributed by atoms with van der Waals surface area (Å²) in [6, 6.07) is 3.36. The second kappa shape index (κ2) is 7.27. The van der Waals surface area contributed by atoms with Crippen LogP contribution in [0.2, 0.25) is 0 Å². The summed E-state index contributed by atoms with van der Waals surface area (Å²) >= 11 is 4.52. The first-order valence-electron chi connectivity index (χ1n) is 8.09. The molecular formula is C16H21BrN2O3S2. The molecule has 5 nitrogen and oxygen atoms in total. The van der Waals surface area contributed by atoms with E-state index in [9.17, 15) is 13.2 Å². The van der Waals surface area contributed by atoms with Gasteiger partial charge < -0.3 is 4.90 Å². The molecule has 0 bridgehead atoms. The van der Waals surface area contributed by atoms with Gasteiger partial charge in [0, 0.05) is 26.2 Å². The van der Waals surface area contributed by atoms with Gasteiger partial charge in [-0.2, -0.15) is 4.31 Å². The predicted molar refractivity (Wildman–Crippen MR) is 98.5 cm³/mol. The predicted octanol–water partition coefficient (Wildman–Crippen LogP) is 3.09. The number of hydrogen-bond donors (Lipinski definition) is 0. The monoisotopic (exact) mass is 432 g/mol. The number of sulfonamides is 1. The molecule has 1 atom stereocenters. The van der Waals surface area contributed by atoms with Gasteiger partial charge in [0.05, 0.1) is 9.70 Å². The van der Waals surface area contributed by atoms with E-state index in [1.54, 1.807) is 12.1 Å². The number of carbonyl (C=O) groups excluding carboxylic acids is 1. The molecule has 0 aliphatic carbocycles. The summed E-state index contributed by atoms with van der Waals surface area (Å²) in [4.78, 5) is 14.6. The number of thiophene rings is 1. The van der Waals surface area contributed by atoms with E-state index in [2.05, 4.69) is 22.5 Å². The lowest BCUT2D eigenvalue weighted by Gasteiger charge is -2.35. The molecule has 1 aromatic heterocycles. The normalized spacial score (nSPS) is 23.5. The van der Waals surface area contributed by atoms with E-state index in [0.717, 1.165) is 29.5 Å². The molecular weight excluding hydrogens is 412 g/mol. The Morgan fingerprint density at radius 3 is 2.58 bits per heavy atom. The molecule has 3 heterocycles. The van der Waals surface area contributed by atoms with E-state index in [1.807, 2.05) is 4.90 Å². The number of carbonyl (C=O) groups is 1. The highest BCUT2D eigenvalue weighted by Gasteiger charge is 2.36. The molecule has 1 amide bonds. The molecule has 1 aromatic rings. The Morgan fingerprint density at radius 1 is 1.25 bits per heavy atom. The standard InChI is InChI=1S/C16H21BrN2O3S2/c1-12-6-9-18(10-7-12)16(20)13-3-2-8-19(11-13)24(21,22)15-5-4-14(17)23-15/h4-5,13H,1-3,6-11H2. The zero-order valence-electron chi connectivity index (χ0n) is 13.4. The fourth-order valence-electron chi connectivity index (χ4n) is 3.23. The van der Waals surface area contributed by atoms with Crippen LogP contribution in [0.5, 0.6) is 0 Å². The fourth-order valence-corrected chi connectivity index (χ4v) is 6.92. The minimum absolute atomic E-state index is 0.0924. The molecule has 0 aromatic carbocycles. The Morgan fingerprint density at radius 2 is 1.96 bits per heavy atom. The number of rotatable bonds is 3. The van der Waals surface area contributed by atoms with E-state index < -0.39 is 10.0 Å². The lowest BCUT2D eigenvalue weighted by molar-refractivity contribution is -0.137. The zero-order chi connectivity index (χ0) is 17.3. The molecule has 3 rings (SSSR count). The summed E-state index contributed by atoms with van der Waals surface area (Å²) in [6.07, 6.45) is 3.19. The van der Waals surface area contributed by atoms with Crippen molar-refractivity contribution in [2.75, 3.05) is 26.2 Å². The van der Waals surface area contributed by atoms with E-state index in [1.165, 1.54) is 21.2 Å². The third-order valence-corrected chi connectivity index (χ3v) is 8.61. The maximum atomic E-state index is 12.8. The van der Waals surface area contributed by atoms with Crippen LogP contribution in [0.15, 0.2) is 32.3 Å². The van der Waals surface area contributed by atoms with Crippen molar-refractivity contribution in [3.05, 3.63) is 28.1 Å². The molecule has 0 N–H and O–H groups in total. The minimum Gasteiger partial charge on any atom is -0.342 e. The summed E-state index contributed by atoms with van der Waals surface area (Å²) in [5.74, 6) is -0.141. The Kier molecular flexibility index (Phi) is 5.48. The number of piperidine rings is 2. The molecule has 2 fully saturated rings. The summed E-state index contributed by atoms with van der Waals surface area (Å²) in [5.41, 5.74) is 1.19. The molecule has 8 heteroatoms. The van der Waals surface area contributed by atoms with Crippen LogP contribution in [0.25, 0.3) is 0 Å². The van der Waals surface area contributed by atoms with Crippen LogP contribution in [0.4, 0.5) is 0 Å². The Balaban J connectivity index is 1.70. The molecule has 1 unspecified atom stereocenters. The maximum Gasteiger partial charge on any atom is 0.252 e.